The molecular formula is C12H12N2O3. The van der Waals surface area contributed by atoms with Crippen molar-refractivity contribution in [3.8, 4) is 6.07 Å². The van der Waals surface area contributed by atoms with Gasteiger partial charge >= 0.3 is 5.97 Å². The Morgan fingerprint density at radius 3 is 2.59 bits per heavy atom. The normalized spacial score (nSPS) is 10.4. The second kappa shape index (κ2) is 4.66. The average Bonchev–Trinajstić information content (AvgIpc) is 2.28. The molecule has 88 valence electrons. The summed E-state index contributed by atoms with van der Waals surface area (Å²) in [5.74, 6) is -1.64. The van der Waals surface area contributed by atoms with E-state index >= 15 is 0 Å². The van der Waals surface area contributed by atoms with Crippen LogP contribution in [0.25, 0.3) is 0 Å². The number of rotatable bonds is 3. The summed E-state index contributed by atoms with van der Waals surface area (Å²) in [6.45, 7) is 2.78. The first-order valence-electron chi connectivity index (χ1n) is 4.93. The van der Waals surface area contributed by atoms with E-state index in [4.69, 9.17) is 10.4 Å². The molecule has 0 spiro atoms. The lowest BCUT2D eigenvalue weighted by Gasteiger charge is -2.20. The lowest BCUT2D eigenvalue weighted by atomic mass is 10.0. The Labute approximate surface area is 98.7 Å². The zero-order valence-electron chi connectivity index (χ0n) is 9.52. The van der Waals surface area contributed by atoms with E-state index in [0.29, 0.717) is 5.56 Å². The summed E-state index contributed by atoms with van der Waals surface area (Å²) < 4.78 is 0. The Kier molecular flexibility index (Phi) is 3.49. The maximum atomic E-state index is 11.7. The van der Waals surface area contributed by atoms with Gasteiger partial charge in [-0.2, -0.15) is 5.26 Å². The molecule has 0 bridgehead atoms. The van der Waals surface area contributed by atoms with E-state index in [0.717, 1.165) is 0 Å². The van der Waals surface area contributed by atoms with Gasteiger partial charge < -0.3 is 10.4 Å². The summed E-state index contributed by atoms with van der Waals surface area (Å²) in [5, 5.41) is 19.9. The molecule has 5 heteroatoms. The van der Waals surface area contributed by atoms with Crippen molar-refractivity contribution in [3.05, 3.63) is 35.4 Å². The monoisotopic (exact) mass is 232 g/mol. The Morgan fingerprint density at radius 1 is 1.41 bits per heavy atom. The van der Waals surface area contributed by atoms with Crippen molar-refractivity contribution >= 4 is 11.9 Å². The number of nitriles is 1. The van der Waals surface area contributed by atoms with Gasteiger partial charge in [0.1, 0.15) is 5.54 Å². The van der Waals surface area contributed by atoms with Crippen LogP contribution in [-0.2, 0) is 4.79 Å². The summed E-state index contributed by atoms with van der Waals surface area (Å²) in [5.41, 5.74) is -0.733. The minimum atomic E-state index is -1.35. The van der Waals surface area contributed by atoms with E-state index in [9.17, 15) is 9.59 Å². The molecule has 0 atom stereocenters. The van der Waals surface area contributed by atoms with Crippen molar-refractivity contribution in [2.75, 3.05) is 0 Å². The molecule has 1 rings (SSSR count). The summed E-state index contributed by atoms with van der Waals surface area (Å²) >= 11 is 0. The molecule has 0 unspecified atom stereocenters. The molecule has 5 nitrogen and oxygen atoms in total. The topological polar surface area (TPSA) is 90.2 Å². The highest BCUT2D eigenvalue weighted by atomic mass is 16.4. The van der Waals surface area contributed by atoms with Crippen LogP contribution in [0, 0.1) is 11.3 Å². The minimum absolute atomic E-state index is 0.262. The Hall–Kier alpha value is -2.35. The molecule has 1 aromatic carbocycles. The lowest BCUT2D eigenvalue weighted by molar-refractivity contribution is -0.143. The molecule has 0 aromatic heterocycles. The third-order valence-corrected chi connectivity index (χ3v) is 2.21. The van der Waals surface area contributed by atoms with Gasteiger partial charge in [0.25, 0.3) is 5.91 Å². The van der Waals surface area contributed by atoms with Crippen molar-refractivity contribution in [3.63, 3.8) is 0 Å². The molecule has 0 fully saturated rings. The number of carboxylic acid groups (broad SMARTS) is 1. The van der Waals surface area contributed by atoms with E-state index in [1.165, 1.54) is 26.0 Å². The quantitative estimate of drug-likeness (QED) is 0.817. The van der Waals surface area contributed by atoms with Crippen LogP contribution in [0.4, 0.5) is 0 Å². The first kappa shape index (κ1) is 12.7. The molecule has 0 aliphatic heterocycles. The predicted octanol–water partition coefficient (Wildman–Crippen LogP) is 1.15. The van der Waals surface area contributed by atoms with Crippen LogP contribution in [0.3, 0.4) is 0 Å². The molecule has 1 amide bonds. The van der Waals surface area contributed by atoms with Crippen LogP contribution in [0.5, 0.6) is 0 Å². The Morgan fingerprint density at radius 2 is 2.06 bits per heavy atom. The van der Waals surface area contributed by atoms with Crippen molar-refractivity contribution in [1.82, 2.24) is 5.32 Å². The molecular weight excluding hydrogens is 220 g/mol. The van der Waals surface area contributed by atoms with Crippen LogP contribution < -0.4 is 5.32 Å². The SMILES string of the molecule is CC(C)(NC(=O)c1cccc(C#N)c1)C(=O)O. The van der Waals surface area contributed by atoms with Crippen molar-refractivity contribution in [1.29, 1.82) is 5.26 Å². The van der Waals surface area contributed by atoms with E-state index < -0.39 is 17.4 Å². The van der Waals surface area contributed by atoms with Crippen LogP contribution in [-0.4, -0.2) is 22.5 Å². The number of nitrogens with zero attached hydrogens (tertiary/aromatic N) is 1. The lowest BCUT2D eigenvalue weighted by Crippen LogP contribution is -2.49. The number of carboxylic acids is 1. The summed E-state index contributed by atoms with van der Waals surface area (Å²) in [6, 6.07) is 7.98. The zero-order valence-corrected chi connectivity index (χ0v) is 9.52. The van der Waals surface area contributed by atoms with Gasteiger partial charge in [-0.15, -0.1) is 0 Å². The molecule has 0 saturated carbocycles. The third-order valence-electron chi connectivity index (χ3n) is 2.21. The van der Waals surface area contributed by atoms with Gasteiger partial charge in [-0.25, -0.2) is 4.79 Å². The number of amides is 1. The van der Waals surface area contributed by atoms with E-state index in [2.05, 4.69) is 5.32 Å². The first-order valence-corrected chi connectivity index (χ1v) is 4.93. The van der Waals surface area contributed by atoms with Crippen LogP contribution >= 0.6 is 0 Å². The molecule has 0 aliphatic carbocycles. The van der Waals surface area contributed by atoms with Crippen LogP contribution in [0.15, 0.2) is 24.3 Å². The standard InChI is InChI=1S/C12H12N2O3/c1-12(2,11(16)17)14-10(15)9-5-3-4-8(6-9)7-13/h3-6H,1-2H3,(H,14,15)(H,16,17). The van der Waals surface area contributed by atoms with Gasteiger partial charge in [0.15, 0.2) is 0 Å². The van der Waals surface area contributed by atoms with Gasteiger partial charge in [-0.05, 0) is 32.0 Å². The highest BCUT2D eigenvalue weighted by molar-refractivity contribution is 5.97. The van der Waals surface area contributed by atoms with E-state index in [-0.39, 0.29) is 5.56 Å². The fourth-order valence-electron chi connectivity index (χ4n) is 1.14. The molecule has 1 aromatic rings. The smallest absolute Gasteiger partial charge is 0.328 e. The van der Waals surface area contributed by atoms with Crippen molar-refractivity contribution < 1.29 is 14.7 Å². The maximum absolute atomic E-state index is 11.7. The number of benzene rings is 1. The van der Waals surface area contributed by atoms with Gasteiger partial charge in [-0.3, -0.25) is 4.79 Å². The number of hydrogen-bond acceptors (Lipinski definition) is 3. The third kappa shape index (κ3) is 3.05. The zero-order chi connectivity index (χ0) is 13.1. The fraction of sp³-hybridized carbons (Fsp3) is 0.250. The van der Waals surface area contributed by atoms with Gasteiger partial charge in [-0.1, -0.05) is 6.07 Å². The number of hydrogen-bond donors (Lipinski definition) is 2. The molecule has 0 radical (unpaired) electrons. The number of carbonyl (C=O) groups excluding carboxylic acids is 1. The minimum Gasteiger partial charge on any atom is -0.480 e. The predicted molar refractivity (Wildman–Crippen MR) is 60.3 cm³/mol. The first-order chi connectivity index (χ1) is 7.86. The molecule has 2 N–H and O–H groups in total. The number of carbonyl (C=O) groups is 2. The number of nitrogens with one attached hydrogen (secondary N) is 1. The van der Waals surface area contributed by atoms with Gasteiger partial charge in [0, 0.05) is 5.56 Å². The summed E-state index contributed by atoms with van der Waals surface area (Å²) in [6.07, 6.45) is 0. The molecule has 17 heavy (non-hydrogen) atoms. The van der Waals surface area contributed by atoms with Crippen LogP contribution in [0.1, 0.15) is 29.8 Å². The van der Waals surface area contributed by atoms with Gasteiger partial charge in [0.2, 0.25) is 0 Å². The molecule has 0 aliphatic rings. The largest absolute Gasteiger partial charge is 0.480 e. The fourth-order valence-corrected chi connectivity index (χ4v) is 1.14. The molecule has 0 heterocycles. The Balaban J connectivity index is 2.91. The van der Waals surface area contributed by atoms with Crippen LogP contribution in [0.2, 0.25) is 0 Å². The number of aliphatic carboxylic acids is 1. The van der Waals surface area contributed by atoms with Crippen molar-refractivity contribution in [2.45, 2.75) is 19.4 Å². The summed E-state index contributed by atoms with van der Waals surface area (Å²) in [4.78, 5) is 22.6. The Bertz CT molecular complexity index is 501. The summed E-state index contributed by atoms with van der Waals surface area (Å²) in [7, 11) is 0. The highest BCUT2D eigenvalue weighted by Crippen LogP contribution is 2.08. The highest BCUT2D eigenvalue weighted by Gasteiger charge is 2.29. The van der Waals surface area contributed by atoms with E-state index in [1.807, 2.05) is 6.07 Å². The maximum Gasteiger partial charge on any atom is 0.328 e. The second-order valence-electron chi connectivity index (χ2n) is 4.08. The van der Waals surface area contributed by atoms with Crippen molar-refractivity contribution in [2.24, 2.45) is 0 Å². The second-order valence-corrected chi connectivity index (χ2v) is 4.08. The average molecular weight is 232 g/mol. The van der Waals surface area contributed by atoms with E-state index in [1.54, 1.807) is 12.1 Å². The van der Waals surface area contributed by atoms with Gasteiger partial charge in [0.05, 0.1) is 11.6 Å². The molecule has 0 saturated heterocycles.